The highest BCUT2D eigenvalue weighted by Gasteiger charge is 2.41. The van der Waals surface area contributed by atoms with Crippen molar-refractivity contribution in [2.75, 3.05) is 48.5 Å². The number of hydrogen-bond donors (Lipinski definition) is 2. The van der Waals surface area contributed by atoms with Crippen LogP contribution in [0.1, 0.15) is 45.5 Å². The average molecular weight is 689 g/mol. The van der Waals surface area contributed by atoms with Crippen LogP contribution in [-0.2, 0) is 25.7 Å². The number of quaternary nitrogens is 1. The zero-order chi connectivity index (χ0) is 32.3. The number of nitrogens with zero attached hydrogens (tertiary/aromatic N) is 2. The smallest absolute Gasteiger partial charge is 0.201 e. The number of ether oxygens (including phenoxy) is 4. The van der Waals surface area contributed by atoms with Crippen LogP contribution in [0.2, 0.25) is 0 Å². The van der Waals surface area contributed by atoms with Gasteiger partial charge in [-0.1, -0.05) is 12.1 Å². The fraction of sp³-hybridized carbons (Fsp3) is 0.351. The number of likely N-dealkylation sites (N-methyl/N-ethyl adjacent to an activating group) is 2. The van der Waals surface area contributed by atoms with Crippen LogP contribution in [0.5, 0.6) is 46.0 Å². The monoisotopic (exact) mass is 687 g/mol. The number of hydrogen-bond acceptors (Lipinski definition) is 7. The molecule has 9 heteroatoms. The number of phenolic OH excluding ortho intramolecular Hbond substituents is 2. The Morgan fingerprint density at radius 3 is 2.30 bits per heavy atom. The standard InChI is InChI=1S/C37H39BrN2O6/c1-39-12-10-23-18-30(43-4)31-20-26(23)28(39)15-21-6-8-25(9-7-21)45-37-34-24(19-32(44-5)36(37)42)11-13-40(2,3)29(34)16-22-14-27(38)35(41)33(17-22)46-31/h6-9,14,17-20,28-29H,10-13,15-16H2,1-5H3,(H-,41,42)/p+1/t28-,29+/m0/s1. The van der Waals surface area contributed by atoms with Gasteiger partial charge in [0.05, 0.1) is 44.9 Å². The van der Waals surface area contributed by atoms with Crippen molar-refractivity contribution in [1.29, 1.82) is 0 Å². The lowest BCUT2D eigenvalue weighted by Crippen LogP contribution is -2.48. The molecule has 0 amide bonds. The van der Waals surface area contributed by atoms with Crippen LogP contribution in [0.25, 0.3) is 0 Å². The number of aromatic hydroxyl groups is 2. The van der Waals surface area contributed by atoms with E-state index >= 15 is 0 Å². The van der Waals surface area contributed by atoms with Gasteiger partial charge in [0.25, 0.3) is 0 Å². The lowest BCUT2D eigenvalue weighted by molar-refractivity contribution is -0.923. The van der Waals surface area contributed by atoms with Gasteiger partial charge < -0.3 is 33.6 Å². The Hall–Kier alpha value is -3.92. The third kappa shape index (κ3) is 5.34. The van der Waals surface area contributed by atoms with Crippen LogP contribution in [-0.4, -0.2) is 68.0 Å². The first-order chi connectivity index (χ1) is 22.1. The molecule has 0 fully saturated rings. The molecule has 4 heterocycles. The maximum Gasteiger partial charge on any atom is 0.201 e. The molecular weight excluding hydrogens is 648 g/mol. The molecule has 2 atom stereocenters. The van der Waals surface area contributed by atoms with Gasteiger partial charge in [-0.3, -0.25) is 4.90 Å². The molecule has 2 N–H and O–H groups in total. The van der Waals surface area contributed by atoms with Crippen LogP contribution in [0.3, 0.4) is 0 Å². The Kier molecular flexibility index (Phi) is 7.82. The van der Waals surface area contributed by atoms with Crippen molar-refractivity contribution in [3.8, 4) is 46.0 Å². The van der Waals surface area contributed by atoms with Gasteiger partial charge in [0.1, 0.15) is 11.8 Å². The van der Waals surface area contributed by atoms with E-state index in [2.05, 4.69) is 66.2 Å². The van der Waals surface area contributed by atoms with Crippen LogP contribution >= 0.6 is 15.9 Å². The highest BCUT2D eigenvalue weighted by molar-refractivity contribution is 9.10. The van der Waals surface area contributed by atoms with Gasteiger partial charge in [-0.15, -0.1) is 0 Å². The largest absolute Gasteiger partial charge is 0.503 e. The molecule has 46 heavy (non-hydrogen) atoms. The lowest BCUT2D eigenvalue weighted by atomic mass is 9.86. The summed E-state index contributed by atoms with van der Waals surface area (Å²) >= 11 is 3.59. The van der Waals surface area contributed by atoms with Crippen molar-refractivity contribution in [1.82, 2.24) is 4.90 Å². The molecule has 4 aromatic carbocycles. The van der Waals surface area contributed by atoms with Gasteiger partial charge in [-0.05, 0) is 106 Å². The molecule has 0 aliphatic carbocycles. The molecule has 0 saturated carbocycles. The Labute approximate surface area is 278 Å². The molecule has 240 valence electrons. The average Bonchev–Trinajstić information content (AvgIpc) is 3.03. The van der Waals surface area contributed by atoms with Crippen molar-refractivity contribution in [2.24, 2.45) is 0 Å². The second-order valence-corrected chi connectivity index (χ2v) is 14.1. The summed E-state index contributed by atoms with van der Waals surface area (Å²) in [6.07, 6.45) is 3.10. The topological polar surface area (TPSA) is 80.6 Å². The van der Waals surface area contributed by atoms with Gasteiger partial charge in [0.2, 0.25) is 5.75 Å². The van der Waals surface area contributed by atoms with Gasteiger partial charge >= 0.3 is 0 Å². The molecular formula is C37H40BrN2O6+. The van der Waals surface area contributed by atoms with E-state index in [1.807, 2.05) is 30.3 Å². The van der Waals surface area contributed by atoms with E-state index in [-0.39, 0.29) is 23.6 Å². The SMILES string of the molecule is COc1cc2c3cc1Oc1cc(cc(Br)c1O)C[C@@H]1c4c(cc(OC)c(O)c4Oc4ccc(cc4)C[C@@H]3N(C)CC2)CC[N+]1(C)C. The van der Waals surface area contributed by atoms with Crippen LogP contribution in [0, 0.1) is 0 Å². The zero-order valence-corrected chi connectivity index (χ0v) is 28.5. The van der Waals surface area contributed by atoms with Crippen molar-refractivity contribution >= 4 is 15.9 Å². The summed E-state index contributed by atoms with van der Waals surface area (Å²) in [5.74, 6) is 3.01. The molecule has 0 unspecified atom stereocenters. The first-order valence-electron chi connectivity index (χ1n) is 15.7. The van der Waals surface area contributed by atoms with Gasteiger partial charge in [0.15, 0.2) is 34.5 Å². The fourth-order valence-electron chi connectivity index (χ4n) is 7.32. The second-order valence-electron chi connectivity index (χ2n) is 13.2. The fourth-order valence-corrected chi connectivity index (χ4v) is 7.81. The maximum absolute atomic E-state index is 11.5. The summed E-state index contributed by atoms with van der Waals surface area (Å²) in [5, 5.41) is 22.7. The van der Waals surface area contributed by atoms with Crippen molar-refractivity contribution in [3.05, 3.63) is 92.5 Å². The molecule has 0 radical (unpaired) electrons. The lowest BCUT2D eigenvalue weighted by Gasteiger charge is -2.43. The Bertz CT molecular complexity index is 1820. The normalized spacial score (nSPS) is 20.0. The number of rotatable bonds is 2. The van der Waals surface area contributed by atoms with Gasteiger partial charge in [0, 0.05) is 25.4 Å². The van der Waals surface area contributed by atoms with Crippen LogP contribution < -0.4 is 18.9 Å². The summed E-state index contributed by atoms with van der Waals surface area (Å²) in [7, 11) is 9.78. The molecule has 4 aliphatic heterocycles. The van der Waals surface area contributed by atoms with Crippen molar-refractivity contribution in [2.45, 2.75) is 37.8 Å². The third-order valence-corrected chi connectivity index (χ3v) is 10.7. The minimum absolute atomic E-state index is 0.00974. The molecule has 0 saturated heterocycles. The second kappa shape index (κ2) is 11.7. The van der Waals surface area contributed by atoms with Crippen LogP contribution in [0.4, 0.5) is 0 Å². The van der Waals surface area contributed by atoms with E-state index in [4.69, 9.17) is 18.9 Å². The van der Waals surface area contributed by atoms with E-state index < -0.39 is 0 Å². The Morgan fingerprint density at radius 1 is 0.826 bits per heavy atom. The van der Waals surface area contributed by atoms with Gasteiger partial charge in [-0.2, -0.15) is 0 Å². The predicted octanol–water partition coefficient (Wildman–Crippen LogP) is 7.46. The number of phenols is 2. The number of benzene rings is 4. The first kappa shape index (κ1) is 30.7. The van der Waals surface area contributed by atoms with Crippen LogP contribution in [0.15, 0.2) is 59.1 Å². The molecule has 8 nitrogen and oxygen atoms in total. The van der Waals surface area contributed by atoms with E-state index in [0.29, 0.717) is 49.9 Å². The van der Waals surface area contributed by atoms with Gasteiger partial charge in [-0.25, -0.2) is 0 Å². The van der Waals surface area contributed by atoms with E-state index in [1.54, 1.807) is 14.2 Å². The highest BCUT2D eigenvalue weighted by atomic mass is 79.9. The molecule has 6 bridgehead atoms. The minimum atomic E-state index is -0.0763. The zero-order valence-electron chi connectivity index (χ0n) is 26.9. The third-order valence-electron chi connectivity index (χ3n) is 10.1. The number of halogens is 1. The molecule has 4 aliphatic rings. The van der Waals surface area contributed by atoms with Crippen molar-refractivity contribution in [3.63, 3.8) is 0 Å². The quantitative estimate of drug-likeness (QED) is 0.212. The molecule has 4 aromatic rings. The van der Waals surface area contributed by atoms with E-state index in [0.717, 1.165) is 49.0 Å². The number of methoxy groups -OCH3 is 2. The highest BCUT2D eigenvalue weighted by Crippen LogP contribution is 2.52. The summed E-state index contributed by atoms with van der Waals surface area (Å²) in [4.78, 5) is 2.37. The first-order valence-corrected chi connectivity index (χ1v) is 16.5. The molecule has 0 aromatic heterocycles. The van der Waals surface area contributed by atoms with E-state index in [9.17, 15) is 10.2 Å². The summed E-state index contributed by atoms with van der Waals surface area (Å²) in [6.45, 7) is 1.82. The predicted molar refractivity (Wildman–Crippen MR) is 180 cm³/mol. The summed E-state index contributed by atoms with van der Waals surface area (Å²) in [5.41, 5.74) is 6.58. The maximum atomic E-state index is 11.5. The summed E-state index contributed by atoms with van der Waals surface area (Å²) in [6, 6.07) is 18.1. The molecule has 0 spiro atoms. The summed E-state index contributed by atoms with van der Waals surface area (Å²) < 4.78 is 25.8. The molecule has 8 rings (SSSR count). The minimum Gasteiger partial charge on any atom is -0.503 e. The Morgan fingerprint density at radius 2 is 1.57 bits per heavy atom. The Balaban J connectivity index is 1.45. The number of fused-ring (bicyclic) bond motifs is 2. The van der Waals surface area contributed by atoms with Crippen molar-refractivity contribution < 1.29 is 33.6 Å². The van der Waals surface area contributed by atoms with E-state index in [1.165, 1.54) is 16.7 Å².